The second kappa shape index (κ2) is 16.3. The van der Waals surface area contributed by atoms with Crippen LogP contribution in [0.15, 0.2) is 61.1 Å². The zero-order valence-corrected chi connectivity index (χ0v) is 32.3. The van der Waals surface area contributed by atoms with Gasteiger partial charge >= 0.3 is 6.09 Å². The number of ether oxygens (including phenoxy) is 1. The van der Waals surface area contributed by atoms with Crippen molar-refractivity contribution in [3.63, 3.8) is 0 Å². The van der Waals surface area contributed by atoms with E-state index in [0.29, 0.717) is 25.3 Å². The lowest BCUT2D eigenvalue weighted by molar-refractivity contribution is -0.137. The fraction of sp³-hybridized carbons (Fsp3) is 0.415. The number of nitrogens with zero attached hydrogens (tertiary/aromatic N) is 6. The van der Waals surface area contributed by atoms with Gasteiger partial charge in [-0.25, -0.2) is 19.7 Å². The second-order valence-corrected chi connectivity index (χ2v) is 14.8. The molecule has 15 heteroatoms. The van der Waals surface area contributed by atoms with E-state index in [0.717, 1.165) is 76.3 Å². The molecule has 0 saturated carbocycles. The highest BCUT2D eigenvalue weighted by molar-refractivity contribution is 5.88. The number of amides is 4. The summed E-state index contributed by atoms with van der Waals surface area (Å²) >= 11 is 0. The number of likely N-dealkylation sites (tertiary alicyclic amines) is 2. The molecule has 0 spiro atoms. The maximum atomic E-state index is 13.5. The van der Waals surface area contributed by atoms with E-state index in [4.69, 9.17) is 14.7 Å². The molecule has 0 aliphatic carbocycles. The Balaban J connectivity index is 1.03. The smallest absolute Gasteiger partial charge is 0.407 e. The van der Waals surface area contributed by atoms with Crippen LogP contribution in [0.3, 0.4) is 0 Å². The van der Waals surface area contributed by atoms with Gasteiger partial charge in [0.15, 0.2) is 0 Å². The number of alkyl carbamates (subject to hydrolysis) is 1. The van der Waals surface area contributed by atoms with Crippen LogP contribution in [-0.4, -0.2) is 95.8 Å². The molecule has 2 saturated heterocycles. The number of carbonyl (C=O) groups is 4. The molecule has 4 atom stereocenters. The van der Waals surface area contributed by atoms with Gasteiger partial charge in [0, 0.05) is 31.1 Å². The van der Waals surface area contributed by atoms with E-state index in [1.54, 1.807) is 23.5 Å². The van der Waals surface area contributed by atoms with E-state index < -0.39 is 18.2 Å². The Labute approximate surface area is 325 Å². The third-order valence-corrected chi connectivity index (χ3v) is 10.7. The molecule has 4 N–H and O–H groups in total. The van der Waals surface area contributed by atoms with Crippen molar-refractivity contribution in [3.05, 3.63) is 72.7 Å². The van der Waals surface area contributed by atoms with Crippen molar-refractivity contribution >= 4 is 34.8 Å². The van der Waals surface area contributed by atoms with Crippen LogP contribution in [0, 0.1) is 5.92 Å². The van der Waals surface area contributed by atoms with E-state index >= 15 is 0 Å². The Morgan fingerprint density at radius 1 is 0.786 bits per heavy atom. The van der Waals surface area contributed by atoms with Crippen molar-refractivity contribution in [2.45, 2.75) is 84.0 Å². The van der Waals surface area contributed by atoms with Crippen molar-refractivity contribution in [3.8, 4) is 33.8 Å². The maximum absolute atomic E-state index is 13.5. The van der Waals surface area contributed by atoms with Gasteiger partial charge in [0.05, 0.1) is 65.9 Å². The van der Waals surface area contributed by atoms with E-state index in [1.807, 2.05) is 68.1 Å². The van der Waals surface area contributed by atoms with Gasteiger partial charge in [0.25, 0.3) is 0 Å². The lowest BCUT2D eigenvalue weighted by Gasteiger charge is -2.30. The van der Waals surface area contributed by atoms with Gasteiger partial charge in [0.1, 0.15) is 23.7 Å². The molecule has 56 heavy (non-hydrogen) atoms. The van der Waals surface area contributed by atoms with E-state index in [1.165, 1.54) is 14.0 Å². The minimum Gasteiger partial charge on any atom is -0.453 e. The van der Waals surface area contributed by atoms with Crippen LogP contribution in [0.5, 0.6) is 0 Å². The molecule has 15 nitrogen and oxygen atoms in total. The second-order valence-electron chi connectivity index (χ2n) is 14.8. The SMILES string of the molecule is CC[C@H](NC(C)=O)C(=O)N1CCC[C@H]1c1ncc(-c2ccc3nc(-c4ccc(-c5cnc([C@@H]6CCCN6C(=O)[C@@H](NC(=O)OC)C(C)C)[nH]5)cc4)cnc3c2)[nH]1. The highest BCUT2D eigenvalue weighted by atomic mass is 16.5. The maximum Gasteiger partial charge on any atom is 0.407 e. The Bertz CT molecular complexity index is 2230. The Morgan fingerprint density at radius 3 is 1.96 bits per heavy atom. The summed E-state index contributed by atoms with van der Waals surface area (Å²) in [7, 11) is 1.29. The molecule has 0 unspecified atom stereocenters. The number of hydrogen-bond donors (Lipinski definition) is 4. The summed E-state index contributed by atoms with van der Waals surface area (Å²) in [6.45, 7) is 8.32. The molecular formula is C41H48N10O5. The Morgan fingerprint density at radius 2 is 1.38 bits per heavy atom. The number of fused-ring (bicyclic) bond motifs is 1. The fourth-order valence-corrected chi connectivity index (χ4v) is 7.73. The third kappa shape index (κ3) is 7.84. The highest BCUT2D eigenvalue weighted by Gasteiger charge is 2.38. The first-order valence-corrected chi connectivity index (χ1v) is 19.2. The summed E-state index contributed by atoms with van der Waals surface area (Å²) in [5, 5.41) is 5.47. The molecule has 2 aliphatic rings. The average Bonchev–Trinajstić information content (AvgIpc) is 4.05. The van der Waals surface area contributed by atoms with Gasteiger partial charge in [-0.3, -0.25) is 19.4 Å². The molecule has 5 aromatic rings. The molecule has 2 aliphatic heterocycles. The number of H-pyrrole nitrogens is 2. The molecule has 3 aromatic heterocycles. The predicted octanol–water partition coefficient (Wildman–Crippen LogP) is 5.70. The fourth-order valence-electron chi connectivity index (χ4n) is 7.73. The number of rotatable bonds is 11. The number of benzene rings is 2. The summed E-state index contributed by atoms with van der Waals surface area (Å²) in [6.07, 6.45) is 8.50. The number of aromatic amines is 2. The summed E-state index contributed by atoms with van der Waals surface area (Å²) in [4.78, 5) is 79.9. The monoisotopic (exact) mass is 760 g/mol. The molecule has 0 bridgehead atoms. The van der Waals surface area contributed by atoms with Crippen LogP contribution in [0.2, 0.25) is 0 Å². The number of hydrogen-bond acceptors (Lipinski definition) is 9. The van der Waals surface area contributed by atoms with Crippen molar-refractivity contribution < 1.29 is 23.9 Å². The summed E-state index contributed by atoms with van der Waals surface area (Å²) in [6, 6.07) is 12.3. The van der Waals surface area contributed by atoms with Crippen molar-refractivity contribution in [1.82, 2.24) is 50.3 Å². The number of methoxy groups -OCH3 is 1. The van der Waals surface area contributed by atoms with Gasteiger partial charge in [-0.1, -0.05) is 51.1 Å². The number of carbonyl (C=O) groups excluding carboxylic acids is 4. The van der Waals surface area contributed by atoms with Crippen LogP contribution in [0.1, 0.15) is 83.5 Å². The van der Waals surface area contributed by atoms with Crippen LogP contribution in [0.25, 0.3) is 44.8 Å². The summed E-state index contributed by atoms with van der Waals surface area (Å²) in [5.41, 5.74) is 6.64. The Kier molecular flexibility index (Phi) is 11.1. The lowest BCUT2D eigenvalue weighted by atomic mass is 10.0. The Hall–Kier alpha value is -6.12. The highest BCUT2D eigenvalue weighted by Crippen LogP contribution is 2.35. The first-order chi connectivity index (χ1) is 27.0. The lowest BCUT2D eigenvalue weighted by Crippen LogP contribution is -2.51. The number of imidazole rings is 2. The standard InChI is InChI=1S/C41H48N10O5/c1-6-28(45-24(4)52)39(53)50-17-7-9-34(50)37-44-22-33(48-37)27-15-16-29-30(19-27)42-20-31(46-29)25-11-13-26(14-12-25)32-21-43-38(47-32)35-10-8-18-51(35)40(54)36(23(2)3)49-41(55)56-5/h11-16,19-23,28,34-36H,6-10,17-18H2,1-5H3,(H,43,47)(H,44,48)(H,45,52)(H,49,55)/t28-,34-,35-,36-/m0/s1. The van der Waals surface area contributed by atoms with E-state index in [-0.39, 0.29) is 35.7 Å². The summed E-state index contributed by atoms with van der Waals surface area (Å²) in [5.74, 6) is 0.870. The van der Waals surface area contributed by atoms with Crippen LogP contribution < -0.4 is 10.6 Å². The summed E-state index contributed by atoms with van der Waals surface area (Å²) < 4.78 is 4.75. The van der Waals surface area contributed by atoms with Crippen LogP contribution in [-0.2, 0) is 19.1 Å². The minimum absolute atomic E-state index is 0.0844. The van der Waals surface area contributed by atoms with Crippen molar-refractivity contribution in [2.24, 2.45) is 5.92 Å². The van der Waals surface area contributed by atoms with Crippen molar-refractivity contribution in [1.29, 1.82) is 0 Å². The van der Waals surface area contributed by atoms with Gasteiger partial charge in [-0.05, 0) is 55.7 Å². The third-order valence-electron chi connectivity index (χ3n) is 10.7. The number of nitrogens with one attached hydrogen (secondary N) is 4. The molecule has 2 fully saturated rings. The molecular weight excluding hydrogens is 713 g/mol. The van der Waals surface area contributed by atoms with Gasteiger partial charge < -0.3 is 35.1 Å². The van der Waals surface area contributed by atoms with E-state index in [9.17, 15) is 19.2 Å². The topological polar surface area (TPSA) is 191 Å². The first kappa shape index (κ1) is 38.2. The van der Waals surface area contributed by atoms with Crippen LogP contribution >= 0.6 is 0 Å². The molecule has 0 radical (unpaired) electrons. The largest absolute Gasteiger partial charge is 0.453 e. The normalized spacial score (nSPS) is 18.0. The average molecular weight is 761 g/mol. The van der Waals surface area contributed by atoms with E-state index in [2.05, 4.69) is 30.6 Å². The predicted molar refractivity (Wildman–Crippen MR) is 210 cm³/mol. The molecule has 4 amide bonds. The first-order valence-electron chi connectivity index (χ1n) is 19.2. The quantitative estimate of drug-likeness (QED) is 0.131. The molecule has 5 heterocycles. The van der Waals surface area contributed by atoms with Gasteiger partial charge in [-0.15, -0.1) is 0 Å². The minimum atomic E-state index is -0.694. The molecule has 7 rings (SSSR count). The van der Waals surface area contributed by atoms with Crippen molar-refractivity contribution in [2.75, 3.05) is 20.2 Å². The molecule has 2 aromatic carbocycles. The number of aromatic nitrogens is 6. The zero-order valence-electron chi connectivity index (χ0n) is 32.3. The van der Waals surface area contributed by atoms with Gasteiger partial charge in [0.2, 0.25) is 17.7 Å². The van der Waals surface area contributed by atoms with Gasteiger partial charge in [-0.2, -0.15) is 0 Å². The molecule has 292 valence electrons. The zero-order chi connectivity index (χ0) is 39.5. The van der Waals surface area contributed by atoms with Crippen LogP contribution in [0.4, 0.5) is 4.79 Å².